The van der Waals surface area contributed by atoms with Crippen molar-refractivity contribution in [1.29, 1.82) is 0 Å². The van der Waals surface area contributed by atoms with Gasteiger partial charge in [-0.25, -0.2) is 9.18 Å². The van der Waals surface area contributed by atoms with E-state index in [2.05, 4.69) is 10.6 Å². The molecule has 1 heterocycles. The number of hydrogen-bond acceptors (Lipinski definition) is 3. The summed E-state index contributed by atoms with van der Waals surface area (Å²) in [7, 11) is 0. The van der Waals surface area contributed by atoms with Crippen LogP contribution in [0.25, 0.3) is 0 Å². The molecule has 200 valence electrons. The first-order valence-corrected chi connectivity index (χ1v) is 13.6. The Morgan fingerprint density at radius 1 is 0.850 bits per heavy atom. The van der Waals surface area contributed by atoms with Crippen molar-refractivity contribution in [3.05, 3.63) is 135 Å². The second kappa shape index (κ2) is 10.8. The molecule has 0 saturated heterocycles. The Kier molecular flexibility index (Phi) is 7.05. The Bertz CT molecular complexity index is 1660. The highest BCUT2D eigenvalue weighted by atomic mass is 35.5. The fraction of sp³-hybridized carbons (Fsp3) is 0.125. The number of benzene rings is 4. The highest BCUT2D eigenvalue weighted by Crippen LogP contribution is 2.47. The first-order chi connectivity index (χ1) is 19.4. The van der Waals surface area contributed by atoms with Crippen LogP contribution in [0.3, 0.4) is 0 Å². The molecule has 6 rings (SSSR count). The van der Waals surface area contributed by atoms with Crippen LogP contribution in [-0.2, 0) is 4.79 Å². The number of nitrogens with one attached hydrogen (secondary N) is 2. The Morgan fingerprint density at radius 2 is 1.60 bits per heavy atom. The van der Waals surface area contributed by atoms with Gasteiger partial charge in [-0.05, 0) is 65.9 Å². The van der Waals surface area contributed by atoms with Crippen LogP contribution in [0.5, 0.6) is 0 Å². The van der Waals surface area contributed by atoms with Crippen LogP contribution < -0.4 is 15.5 Å². The Balaban J connectivity index is 1.51. The normalized spacial score (nSPS) is 18.4. The van der Waals surface area contributed by atoms with Crippen LogP contribution in [0.15, 0.2) is 108 Å². The predicted octanol–water partition coefficient (Wildman–Crippen LogP) is 8.74. The smallest absolute Gasteiger partial charge is 0.327 e. The molecule has 0 fully saturated rings. The summed E-state index contributed by atoms with van der Waals surface area (Å²) in [6.45, 7) is 0. The standard InChI is InChI=1S/C32H24Cl2FN3O2/c33-24-14-13-23(18-25(24)34)36-32(40)38-28-12-5-4-11-26(28)37-27-16-21(19-7-2-1-3-8-19)17-29(39)30(27)31(38)20-9-6-10-22(35)15-20/h1-15,18,21,31,37H,16-17H2,(H,36,40). The van der Waals surface area contributed by atoms with Crippen molar-refractivity contribution in [2.75, 3.05) is 15.5 Å². The lowest BCUT2D eigenvalue weighted by Gasteiger charge is -2.35. The van der Waals surface area contributed by atoms with E-state index < -0.39 is 17.9 Å². The number of carbonyl (C=O) groups excluding carboxylic acids is 2. The first kappa shape index (κ1) is 26.1. The topological polar surface area (TPSA) is 61.4 Å². The van der Waals surface area contributed by atoms with Crippen LogP contribution >= 0.6 is 23.2 Å². The summed E-state index contributed by atoms with van der Waals surface area (Å²) in [6.07, 6.45) is 0.836. The zero-order chi connectivity index (χ0) is 27.8. The molecule has 0 saturated carbocycles. The molecule has 2 N–H and O–H groups in total. The van der Waals surface area contributed by atoms with Crippen molar-refractivity contribution < 1.29 is 14.0 Å². The van der Waals surface area contributed by atoms with E-state index in [0.29, 0.717) is 44.7 Å². The predicted molar refractivity (Wildman–Crippen MR) is 158 cm³/mol. The van der Waals surface area contributed by atoms with Gasteiger partial charge in [0.25, 0.3) is 0 Å². The summed E-state index contributed by atoms with van der Waals surface area (Å²) in [5.41, 5.74) is 4.36. The van der Waals surface area contributed by atoms with Crippen molar-refractivity contribution in [3.8, 4) is 0 Å². The van der Waals surface area contributed by atoms with Crippen molar-refractivity contribution in [2.45, 2.75) is 24.8 Å². The number of hydrogen-bond donors (Lipinski definition) is 2. The number of para-hydroxylation sites is 2. The molecule has 2 aliphatic rings. The number of urea groups is 1. The van der Waals surface area contributed by atoms with Crippen molar-refractivity contribution in [3.63, 3.8) is 0 Å². The van der Waals surface area contributed by atoms with E-state index in [9.17, 15) is 14.0 Å². The molecule has 2 amide bonds. The molecule has 0 bridgehead atoms. The number of amides is 2. The quantitative estimate of drug-likeness (QED) is 0.258. The molecule has 5 nitrogen and oxygen atoms in total. The van der Waals surface area contributed by atoms with E-state index in [1.54, 1.807) is 36.4 Å². The number of Topliss-reactive ketones (excluding diaryl/α,β-unsaturated/α-hetero) is 1. The molecule has 0 spiro atoms. The average molecular weight is 572 g/mol. The van der Waals surface area contributed by atoms with Gasteiger partial charge in [-0.2, -0.15) is 0 Å². The van der Waals surface area contributed by atoms with Crippen LogP contribution in [0.2, 0.25) is 10.0 Å². The second-order valence-electron chi connectivity index (χ2n) is 9.86. The summed E-state index contributed by atoms with van der Waals surface area (Å²) in [4.78, 5) is 29.6. The van der Waals surface area contributed by atoms with E-state index >= 15 is 0 Å². The summed E-state index contributed by atoms with van der Waals surface area (Å²) < 4.78 is 14.6. The van der Waals surface area contributed by atoms with Gasteiger partial charge in [0.05, 0.1) is 27.5 Å². The monoisotopic (exact) mass is 571 g/mol. The minimum atomic E-state index is -0.881. The van der Waals surface area contributed by atoms with E-state index in [-0.39, 0.29) is 18.1 Å². The minimum absolute atomic E-state index is 0.0307. The van der Waals surface area contributed by atoms with E-state index in [1.807, 2.05) is 48.5 Å². The third-order valence-corrected chi connectivity index (χ3v) is 8.05. The molecule has 0 aromatic heterocycles. The van der Waals surface area contributed by atoms with Gasteiger partial charge in [0, 0.05) is 23.4 Å². The Labute approximate surface area is 241 Å². The average Bonchev–Trinajstić information content (AvgIpc) is 3.10. The van der Waals surface area contributed by atoms with Crippen molar-refractivity contribution in [1.82, 2.24) is 0 Å². The maximum absolute atomic E-state index is 14.6. The fourth-order valence-electron chi connectivity index (χ4n) is 5.52. The first-order valence-electron chi connectivity index (χ1n) is 12.9. The second-order valence-corrected chi connectivity index (χ2v) is 10.7. The number of anilines is 3. The molecule has 1 aliphatic carbocycles. The third kappa shape index (κ3) is 4.96. The van der Waals surface area contributed by atoms with Gasteiger partial charge >= 0.3 is 6.03 Å². The summed E-state index contributed by atoms with van der Waals surface area (Å²) in [6, 6.07) is 26.7. The maximum atomic E-state index is 14.6. The van der Waals surface area contributed by atoms with Gasteiger partial charge in [0.2, 0.25) is 0 Å². The molecular formula is C32H24Cl2FN3O2. The van der Waals surface area contributed by atoms with Gasteiger partial charge in [0.15, 0.2) is 5.78 Å². The molecule has 4 aromatic rings. The van der Waals surface area contributed by atoms with Crippen LogP contribution in [0.4, 0.5) is 26.2 Å². The fourth-order valence-corrected chi connectivity index (χ4v) is 5.82. The molecule has 2 atom stereocenters. The summed E-state index contributed by atoms with van der Waals surface area (Å²) in [5, 5.41) is 7.02. The maximum Gasteiger partial charge on any atom is 0.327 e. The number of halogens is 3. The summed E-state index contributed by atoms with van der Waals surface area (Å²) >= 11 is 12.3. The molecule has 4 aromatic carbocycles. The Hall–Kier alpha value is -4.13. The van der Waals surface area contributed by atoms with Gasteiger partial charge < -0.3 is 10.6 Å². The number of rotatable bonds is 3. The zero-order valence-electron chi connectivity index (χ0n) is 21.2. The van der Waals surface area contributed by atoms with Gasteiger partial charge in [-0.1, -0.05) is 77.8 Å². The zero-order valence-corrected chi connectivity index (χ0v) is 22.7. The minimum Gasteiger partial charge on any atom is -0.357 e. The van der Waals surface area contributed by atoms with Crippen LogP contribution in [-0.4, -0.2) is 11.8 Å². The van der Waals surface area contributed by atoms with E-state index in [4.69, 9.17) is 23.2 Å². The number of nitrogens with zero attached hydrogens (tertiary/aromatic N) is 1. The van der Waals surface area contributed by atoms with Gasteiger partial charge in [-0.15, -0.1) is 0 Å². The molecule has 1 aliphatic heterocycles. The van der Waals surface area contributed by atoms with E-state index in [1.165, 1.54) is 17.0 Å². The largest absolute Gasteiger partial charge is 0.357 e. The highest BCUT2D eigenvalue weighted by Gasteiger charge is 2.41. The molecule has 8 heteroatoms. The van der Waals surface area contributed by atoms with Gasteiger partial charge in [-0.3, -0.25) is 9.69 Å². The van der Waals surface area contributed by atoms with Gasteiger partial charge in [0.1, 0.15) is 5.82 Å². The number of ketones is 1. The van der Waals surface area contributed by atoms with Crippen molar-refractivity contribution in [2.24, 2.45) is 0 Å². The lowest BCUT2D eigenvalue weighted by atomic mass is 9.78. The van der Waals surface area contributed by atoms with Crippen LogP contribution in [0.1, 0.15) is 35.9 Å². The molecule has 2 unspecified atom stereocenters. The highest BCUT2D eigenvalue weighted by molar-refractivity contribution is 6.42. The van der Waals surface area contributed by atoms with E-state index in [0.717, 1.165) is 11.3 Å². The lowest BCUT2D eigenvalue weighted by molar-refractivity contribution is -0.116. The lowest BCUT2D eigenvalue weighted by Crippen LogP contribution is -2.41. The number of fused-ring (bicyclic) bond motifs is 1. The SMILES string of the molecule is O=C1CC(c2ccccc2)CC2=C1C(c1cccc(F)c1)N(C(=O)Nc1ccc(Cl)c(Cl)c1)c1ccccc1N2. The molecule has 40 heavy (non-hydrogen) atoms. The molecular weight excluding hydrogens is 548 g/mol. The van der Waals surface area contributed by atoms with Crippen LogP contribution in [0, 0.1) is 5.82 Å². The molecule has 0 radical (unpaired) electrons. The summed E-state index contributed by atoms with van der Waals surface area (Å²) in [5.74, 6) is -0.589. The number of carbonyl (C=O) groups is 2. The third-order valence-electron chi connectivity index (χ3n) is 7.31. The Morgan fingerprint density at radius 3 is 2.38 bits per heavy atom. The number of allylic oxidation sites excluding steroid dienone is 1. The van der Waals surface area contributed by atoms with Crippen molar-refractivity contribution >= 4 is 52.1 Å².